The fourth-order valence-corrected chi connectivity index (χ4v) is 3.84. The number of aromatic nitrogens is 3. The summed E-state index contributed by atoms with van der Waals surface area (Å²) in [6, 6.07) is 13.9. The molecule has 1 unspecified atom stereocenters. The number of carbonyl (C=O) groups is 2. The van der Waals surface area contributed by atoms with Crippen molar-refractivity contribution in [3.05, 3.63) is 81.6 Å². The molecule has 0 aliphatic heterocycles. The molecule has 1 amide bonds. The zero-order chi connectivity index (χ0) is 25.1. The Morgan fingerprint density at radius 1 is 1.09 bits per heavy atom. The maximum Gasteiger partial charge on any atom is 0.333 e. The molecular formula is C23H18Cl2FN5O4. The van der Waals surface area contributed by atoms with Crippen LogP contribution in [0, 0.1) is 5.82 Å². The topological polar surface area (TPSA) is 131 Å². The van der Waals surface area contributed by atoms with Gasteiger partial charge in [0, 0.05) is 22.7 Å². The summed E-state index contributed by atoms with van der Waals surface area (Å²) in [6.45, 7) is -0.347. The SMILES string of the molecule is O=C(NN(Cc1ccc(-c2cc(Cl)ccc2F)cc1)CC(O)C(=O)O)c1cc(Cl)c2n[nH]nc2c1. The monoisotopic (exact) mass is 517 g/mol. The zero-order valence-electron chi connectivity index (χ0n) is 17.9. The van der Waals surface area contributed by atoms with Gasteiger partial charge in [-0.3, -0.25) is 10.2 Å². The number of hydrogen-bond donors (Lipinski definition) is 4. The second-order valence-electron chi connectivity index (χ2n) is 7.65. The number of aromatic amines is 1. The highest BCUT2D eigenvalue weighted by Crippen LogP contribution is 2.26. The number of H-pyrrole nitrogens is 1. The molecule has 0 aliphatic rings. The molecule has 180 valence electrons. The molecular weight excluding hydrogens is 500 g/mol. The van der Waals surface area contributed by atoms with E-state index in [1.165, 1.54) is 35.3 Å². The number of carbonyl (C=O) groups excluding carboxylic acids is 1. The molecule has 1 heterocycles. The van der Waals surface area contributed by atoms with Gasteiger partial charge in [0.25, 0.3) is 5.91 Å². The smallest absolute Gasteiger partial charge is 0.333 e. The number of halogens is 3. The Morgan fingerprint density at radius 2 is 1.83 bits per heavy atom. The fraction of sp³-hybridized carbons (Fsp3) is 0.130. The Labute approximate surface area is 208 Å². The molecule has 0 bridgehead atoms. The third kappa shape index (κ3) is 5.75. The number of aliphatic hydroxyl groups excluding tert-OH is 1. The van der Waals surface area contributed by atoms with E-state index in [1.54, 1.807) is 24.3 Å². The van der Waals surface area contributed by atoms with E-state index in [0.717, 1.165) is 0 Å². The van der Waals surface area contributed by atoms with Crippen LogP contribution in [0.15, 0.2) is 54.6 Å². The number of fused-ring (bicyclic) bond motifs is 1. The first kappa shape index (κ1) is 24.6. The molecule has 0 aliphatic carbocycles. The molecule has 4 aromatic rings. The first-order chi connectivity index (χ1) is 16.7. The second-order valence-corrected chi connectivity index (χ2v) is 8.49. The number of benzene rings is 3. The number of nitrogens with zero attached hydrogens (tertiary/aromatic N) is 3. The summed E-state index contributed by atoms with van der Waals surface area (Å²) >= 11 is 12.1. The summed E-state index contributed by atoms with van der Waals surface area (Å²) < 4.78 is 14.2. The fourth-order valence-electron chi connectivity index (χ4n) is 3.41. The first-order valence-electron chi connectivity index (χ1n) is 10.2. The van der Waals surface area contributed by atoms with Crippen molar-refractivity contribution in [2.24, 2.45) is 0 Å². The summed E-state index contributed by atoms with van der Waals surface area (Å²) in [6.07, 6.45) is -1.75. The van der Waals surface area contributed by atoms with E-state index >= 15 is 0 Å². The van der Waals surface area contributed by atoms with Gasteiger partial charge in [-0.1, -0.05) is 47.5 Å². The van der Waals surface area contributed by atoms with Crippen molar-refractivity contribution in [3.63, 3.8) is 0 Å². The zero-order valence-corrected chi connectivity index (χ0v) is 19.4. The number of rotatable bonds is 8. The van der Waals surface area contributed by atoms with Gasteiger partial charge < -0.3 is 10.2 Å². The number of carboxylic acids is 1. The molecule has 12 heteroatoms. The predicted octanol–water partition coefficient (Wildman–Crippen LogP) is 3.66. The van der Waals surface area contributed by atoms with Crippen LogP contribution in [-0.4, -0.2) is 55.2 Å². The number of aliphatic hydroxyl groups is 1. The Balaban J connectivity index is 1.54. The molecule has 9 nitrogen and oxygen atoms in total. The molecule has 0 saturated heterocycles. The lowest BCUT2D eigenvalue weighted by atomic mass is 10.0. The maximum atomic E-state index is 14.2. The summed E-state index contributed by atoms with van der Waals surface area (Å²) in [5, 5.41) is 31.1. The molecule has 3 aromatic carbocycles. The summed E-state index contributed by atoms with van der Waals surface area (Å²) in [5.41, 5.74) is 5.12. The lowest BCUT2D eigenvalue weighted by Gasteiger charge is -2.24. The Kier molecular flexibility index (Phi) is 7.27. The normalized spacial score (nSPS) is 12.1. The minimum Gasteiger partial charge on any atom is -0.479 e. The molecule has 0 fully saturated rings. The lowest BCUT2D eigenvalue weighted by molar-refractivity contribution is -0.148. The molecule has 35 heavy (non-hydrogen) atoms. The quantitative estimate of drug-likeness (QED) is 0.262. The Bertz CT molecular complexity index is 1400. The van der Waals surface area contributed by atoms with Gasteiger partial charge in [-0.2, -0.15) is 15.4 Å². The van der Waals surface area contributed by atoms with E-state index in [4.69, 9.17) is 28.3 Å². The average Bonchev–Trinajstić information content (AvgIpc) is 3.30. The van der Waals surface area contributed by atoms with Gasteiger partial charge in [-0.05, 0) is 41.5 Å². The van der Waals surface area contributed by atoms with Gasteiger partial charge in [-0.25, -0.2) is 14.2 Å². The van der Waals surface area contributed by atoms with Crippen LogP contribution in [0.3, 0.4) is 0 Å². The number of hydrazine groups is 1. The third-order valence-electron chi connectivity index (χ3n) is 5.14. The van der Waals surface area contributed by atoms with Crippen LogP contribution < -0.4 is 5.43 Å². The van der Waals surface area contributed by atoms with Gasteiger partial charge in [0.1, 0.15) is 16.9 Å². The molecule has 4 rings (SSSR count). The number of aliphatic carboxylic acids is 1. The second kappa shape index (κ2) is 10.4. The minimum absolute atomic E-state index is 0.0499. The number of amides is 1. The van der Waals surface area contributed by atoms with Crippen molar-refractivity contribution in [1.29, 1.82) is 0 Å². The van der Waals surface area contributed by atoms with Crippen molar-refractivity contribution in [2.45, 2.75) is 12.6 Å². The molecule has 1 aromatic heterocycles. The number of carboxylic acid groups (broad SMARTS) is 1. The van der Waals surface area contributed by atoms with Crippen molar-refractivity contribution in [2.75, 3.05) is 6.54 Å². The standard InChI is InChI=1S/C23H18Cl2FN5O4/c24-15-5-6-18(26)16(9-15)13-3-1-12(2-4-13)10-31(11-20(32)23(34)35)29-22(33)14-7-17(25)21-19(8-14)27-30-28-21/h1-9,20,32H,10-11H2,(H,29,33)(H,34,35)(H,27,28,30). The average molecular weight is 518 g/mol. The van der Waals surface area contributed by atoms with Crippen LogP contribution >= 0.6 is 23.2 Å². The molecule has 0 saturated carbocycles. The number of nitrogens with one attached hydrogen (secondary N) is 2. The van der Waals surface area contributed by atoms with Crippen molar-refractivity contribution in [1.82, 2.24) is 25.8 Å². The van der Waals surface area contributed by atoms with Crippen molar-refractivity contribution in [3.8, 4) is 11.1 Å². The third-order valence-corrected chi connectivity index (χ3v) is 5.67. The minimum atomic E-state index is -1.75. The van der Waals surface area contributed by atoms with E-state index in [2.05, 4.69) is 20.8 Å². The van der Waals surface area contributed by atoms with Crippen LogP contribution in [0.5, 0.6) is 0 Å². The highest BCUT2D eigenvalue weighted by atomic mass is 35.5. The van der Waals surface area contributed by atoms with E-state index in [9.17, 15) is 19.1 Å². The van der Waals surface area contributed by atoms with Crippen LogP contribution in [-0.2, 0) is 11.3 Å². The maximum absolute atomic E-state index is 14.2. The van der Waals surface area contributed by atoms with Gasteiger partial charge in [0.2, 0.25) is 0 Å². The largest absolute Gasteiger partial charge is 0.479 e. The van der Waals surface area contributed by atoms with Crippen LogP contribution in [0.2, 0.25) is 10.0 Å². The Morgan fingerprint density at radius 3 is 2.54 bits per heavy atom. The number of hydrogen-bond acceptors (Lipinski definition) is 6. The lowest BCUT2D eigenvalue weighted by Crippen LogP contribution is -2.47. The summed E-state index contributed by atoms with van der Waals surface area (Å²) in [7, 11) is 0. The van der Waals surface area contributed by atoms with Gasteiger partial charge in [0.05, 0.1) is 11.6 Å². The van der Waals surface area contributed by atoms with Crippen molar-refractivity contribution >= 4 is 46.1 Å². The van der Waals surface area contributed by atoms with Gasteiger partial charge >= 0.3 is 5.97 Å². The van der Waals surface area contributed by atoms with Crippen molar-refractivity contribution < 1.29 is 24.2 Å². The van der Waals surface area contributed by atoms with E-state index in [0.29, 0.717) is 32.7 Å². The Hall–Kier alpha value is -3.57. The van der Waals surface area contributed by atoms with Gasteiger partial charge in [0.15, 0.2) is 6.10 Å². The highest BCUT2D eigenvalue weighted by molar-refractivity contribution is 6.35. The van der Waals surface area contributed by atoms with E-state index < -0.39 is 30.3 Å². The van der Waals surface area contributed by atoms with Crippen LogP contribution in [0.4, 0.5) is 4.39 Å². The summed E-state index contributed by atoms with van der Waals surface area (Å²) in [5.74, 6) is -2.46. The molecule has 0 radical (unpaired) electrons. The highest BCUT2D eigenvalue weighted by Gasteiger charge is 2.21. The van der Waals surface area contributed by atoms with E-state index in [-0.39, 0.29) is 17.1 Å². The van der Waals surface area contributed by atoms with Crippen LogP contribution in [0.25, 0.3) is 22.2 Å². The van der Waals surface area contributed by atoms with Crippen LogP contribution in [0.1, 0.15) is 15.9 Å². The molecule has 0 spiro atoms. The molecule has 4 N–H and O–H groups in total. The summed E-state index contributed by atoms with van der Waals surface area (Å²) in [4.78, 5) is 24.1. The molecule has 1 atom stereocenters. The first-order valence-corrected chi connectivity index (χ1v) is 11.0. The van der Waals surface area contributed by atoms with E-state index in [1.807, 2.05) is 0 Å². The predicted molar refractivity (Wildman–Crippen MR) is 127 cm³/mol. The van der Waals surface area contributed by atoms with Gasteiger partial charge in [-0.15, -0.1) is 0 Å².